The first-order valence-electron chi connectivity index (χ1n) is 9.50. The second kappa shape index (κ2) is 9.25. The van der Waals surface area contributed by atoms with E-state index in [4.69, 9.17) is 4.74 Å². The standard InChI is InChI=1S/C22H27F3O2/c1-4-5-6-7-8-20(22(23,24)25)27-21(26)16(3)17-11-12-18-13-15(2)9-10-19(18)14-17/h9-14,16,20H,4-8H2,1-3H3/t16-,20-/m0/s1. The quantitative estimate of drug-likeness (QED) is 0.376. The Morgan fingerprint density at radius 1 is 1.04 bits per heavy atom. The van der Waals surface area contributed by atoms with Gasteiger partial charge in [0.1, 0.15) is 0 Å². The summed E-state index contributed by atoms with van der Waals surface area (Å²) in [4.78, 5) is 12.4. The van der Waals surface area contributed by atoms with Gasteiger partial charge in [-0.05, 0) is 43.0 Å². The fourth-order valence-corrected chi connectivity index (χ4v) is 3.08. The Labute approximate surface area is 158 Å². The zero-order valence-electron chi connectivity index (χ0n) is 16.1. The number of aryl methyl sites for hydroxylation is 1. The van der Waals surface area contributed by atoms with Crippen LogP contribution in [-0.2, 0) is 9.53 Å². The van der Waals surface area contributed by atoms with Gasteiger partial charge in [0.25, 0.3) is 0 Å². The SMILES string of the molecule is CCCCCC[C@H](OC(=O)[C@@H](C)c1ccc2cc(C)ccc2c1)C(F)(F)F. The lowest BCUT2D eigenvalue weighted by Crippen LogP contribution is -2.35. The number of halogens is 3. The smallest absolute Gasteiger partial charge is 0.425 e. The average molecular weight is 380 g/mol. The van der Waals surface area contributed by atoms with Gasteiger partial charge in [-0.25, -0.2) is 0 Å². The molecule has 0 aliphatic carbocycles. The molecular weight excluding hydrogens is 353 g/mol. The van der Waals surface area contributed by atoms with E-state index < -0.39 is 24.2 Å². The van der Waals surface area contributed by atoms with Crippen molar-refractivity contribution in [3.8, 4) is 0 Å². The van der Waals surface area contributed by atoms with Gasteiger partial charge in [-0.3, -0.25) is 4.79 Å². The van der Waals surface area contributed by atoms with Gasteiger partial charge in [0.2, 0.25) is 0 Å². The molecule has 0 saturated heterocycles. The van der Waals surface area contributed by atoms with Gasteiger partial charge in [-0.2, -0.15) is 13.2 Å². The molecular formula is C22H27F3O2. The number of rotatable bonds is 8. The van der Waals surface area contributed by atoms with Crippen LogP contribution in [-0.4, -0.2) is 18.2 Å². The van der Waals surface area contributed by atoms with Crippen molar-refractivity contribution in [1.82, 2.24) is 0 Å². The first-order valence-corrected chi connectivity index (χ1v) is 9.50. The monoisotopic (exact) mass is 380 g/mol. The van der Waals surface area contributed by atoms with Crippen LogP contribution in [0.5, 0.6) is 0 Å². The van der Waals surface area contributed by atoms with E-state index in [0.717, 1.165) is 29.2 Å². The third kappa shape index (κ3) is 5.98. The summed E-state index contributed by atoms with van der Waals surface area (Å²) in [5.41, 5.74) is 1.78. The van der Waals surface area contributed by atoms with Crippen LogP contribution in [0.1, 0.15) is 63.0 Å². The number of benzene rings is 2. The molecule has 0 aliphatic heterocycles. The van der Waals surface area contributed by atoms with Gasteiger partial charge in [-0.1, -0.05) is 68.1 Å². The second-order valence-electron chi connectivity index (χ2n) is 7.15. The summed E-state index contributed by atoms with van der Waals surface area (Å²) >= 11 is 0. The Hall–Kier alpha value is -2.04. The van der Waals surface area contributed by atoms with Crippen LogP contribution in [0.4, 0.5) is 13.2 Å². The van der Waals surface area contributed by atoms with Crippen molar-refractivity contribution in [2.75, 3.05) is 0 Å². The molecule has 27 heavy (non-hydrogen) atoms. The molecule has 0 N–H and O–H groups in total. The minimum Gasteiger partial charge on any atom is -0.452 e. The van der Waals surface area contributed by atoms with Gasteiger partial charge in [0, 0.05) is 0 Å². The molecule has 5 heteroatoms. The molecule has 0 heterocycles. The summed E-state index contributed by atoms with van der Waals surface area (Å²) in [6, 6.07) is 11.4. The normalized spacial score (nSPS) is 14.1. The maximum Gasteiger partial charge on any atom is 0.425 e. The van der Waals surface area contributed by atoms with Crippen LogP contribution in [0, 0.1) is 6.92 Å². The molecule has 0 amide bonds. The van der Waals surface area contributed by atoms with Crippen LogP contribution < -0.4 is 0 Å². The lowest BCUT2D eigenvalue weighted by atomic mass is 9.97. The minimum absolute atomic E-state index is 0.182. The molecule has 2 rings (SSSR count). The van der Waals surface area contributed by atoms with Crippen molar-refractivity contribution < 1.29 is 22.7 Å². The highest BCUT2D eigenvalue weighted by molar-refractivity contribution is 5.86. The van der Waals surface area contributed by atoms with Crippen LogP contribution >= 0.6 is 0 Å². The van der Waals surface area contributed by atoms with Crippen LogP contribution in [0.25, 0.3) is 10.8 Å². The molecule has 0 saturated carbocycles. The predicted molar refractivity (Wildman–Crippen MR) is 102 cm³/mol. The molecule has 2 aromatic carbocycles. The lowest BCUT2D eigenvalue weighted by molar-refractivity contribution is -0.223. The molecule has 0 radical (unpaired) electrons. The maximum absolute atomic E-state index is 13.2. The predicted octanol–water partition coefficient (Wildman–Crippen LogP) is 6.70. The number of carbonyl (C=O) groups is 1. The topological polar surface area (TPSA) is 26.3 Å². The van der Waals surface area contributed by atoms with Crippen molar-refractivity contribution in [2.45, 2.75) is 71.1 Å². The van der Waals surface area contributed by atoms with Gasteiger partial charge >= 0.3 is 12.1 Å². The largest absolute Gasteiger partial charge is 0.452 e. The Morgan fingerprint density at radius 3 is 2.37 bits per heavy atom. The lowest BCUT2D eigenvalue weighted by Gasteiger charge is -2.23. The van der Waals surface area contributed by atoms with Gasteiger partial charge in [0.15, 0.2) is 6.10 Å². The highest BCUT2D eigenvalue weighted by atomic mass is 19.4. The number of hydrogen-bond donors (Lipinski definition) is 0. The number of ether oxygens (including phenoxy) is 1. The summed E-state index contributed by atoms with van der Waals surface area (Å²) in [5.74, 6) is -1.59. The highest BCUT2D eigenvalue weighted by Gasteiger charge is 2.42. The van der Waals surface area contributed by atoms with Crippen LogP contribution in [0.15, 0.2) is 36.4 Å². The Bertz CT molecular complexity index is 768. The number of carbonyl (C=O) groups excluding carboxylic acids is 1. The summed E-state index contributed by atoms with van der Waals surface area (Å²) in [6.45, 7) is 5.57. The Morgan fingerprint density at radius 2 is 1.70 bits per heavy atom. The number of unbranched alkanes of at least 4 members (excludes halogenated alkanes) is 3. The molecule has 0 bridgehead atoms. The molecule has 148 valence electrons. The van der Waals surface area contributed by atoms with E-state index in [1.54, 1.807) is 13.0 Å². The molecule has 0 unspecified atom stereocenters. The van der Waals surface area contributed by atoms with Gasteiger partial charge in [-0.15, -0.1) is 0 Å². The van der Waals surface area contributed by atoms with E-state index in [9.17, 15) is 18.0 Å². The molecule has 2 aromatic rings. The van der Waals surface area contributed by atoms with E-state index >= 15 is 0 Å². The highest BCUT2D eigenvalue weighted by Crippen LogP contribution is 2.30. The fourth-order valence-electron chi connectivity index (χ4n) is 3.08. The summed E-state index contributed by atoms with van der Waals surface area (Å²) < 4.78 is 44.6. The molecule has 2 atom stereocenters. The zero-order chi connectivity index (χ0) is 20.0. The zero-order valence-corrected chi connectivity index (χ0v) is 16.1. The van der Waals surface area contributed by atoms with Crippen molar-refractivity contribution >= 4 is 16.7 Å². The average Bonchev–Trinajstić information content (AvgIpc) is 2.62. The minimum atomic E-state index is -4.54. The van der Waals surface area contributed by atoms with E-state index in [2.05, 4.69) is 0 Å². The Balaban J connectivity index is 2.08. The molecule has 0 fully saturated rings. The number of esters is 1. The van der Waals surface area contributed by atoms with E-state index in [1.165, 1.54) is 0 Å². The van der Waals surface area contributed by atoms with E-state index in [0.29, 0.717) is 18.4 Å². The van der Waals surface area contributed by atoms with Crippen molar-refractivity contribution in [3.05, 3.63) is 47.5 Å². The van der Waals surface area contributed by atoms with E-state index in [-0.39, 0.29) is 6.42 Å². The molecule has 2 nitrogen and oxygen atoms in total. The molecule has 0 aliphatic rings. The fraction of sp³-hybridized carbons (Fsp3) is 0.500. The first kappa shape index (κ1) is 21.3. The number of alkyl halides is 3. The van der Waals surface area contributed by atoms with Crippen LogP contribution in [0.2, 0.25) is 0 Å². The van der Waals surface area contributed by atoms with Crippen molar-refractivity contribution in [2.24, 2.45) is 0 Å². The molecule has 0 spiro atoms. The summed E-state index contributed by atoms with van der Waals surface area (Å²) in [6.07, 6.45) is -3.83. The van der Waals surface area contributed by atoms with Gasteiger partial charge < -0.3 is 4.74 Å². The van der Waals surface area contributed by atoms with Gasteiger partial charge in [0.05, 0.1) is 5.92 Å². The van der Waals surface area contributed by atoms with Crippen molar-refractivity contribution in [3.63, 3.8) is 0 Å². The summed E-state index contributed by atoms with van der Waals surface area (Å²) in [5, 5.41) is 1.98. The van der Waals surface area contributed by atoms with Crippen LogP contribution in [0.3, 0.4) is 0 Å². The maximum atomic E-state index is 13.2. The number of fused-ring (bicyclic) bond motifs is 1. The molecule has 0 aromatic heterocycles. The first-order chi connectivity index (χ1) is 12.7. The van der Waals surface area contributed by atoms with E-state index in [1.807, 2.05) is 44.2 Å². The number of hydrogen-bond acceptors (Lipinski definition) is 2. The van der Waals surface area contributed by atoms with Crippen molar-refractivity contribution in [1.29, 1.82) is 0 Å². The second-order valence-corrected chi connectivity index (χ2v) is 7.15. The summed E-state index contributed by atoms with van der Waals surface area (Å²) in [7, 11) is 0. The third-order valence-corrected chi connectivity index (χ3v) is 4.82. The third-order valence-electron chi connectivity index (χ3n) is 4.82. The Kier molecular flexibility index (Phi) is 7.28.